The first-order chi connectivity index (χ1) is 17.0. The second kappa shape index (κ2) is 11.6. The summed E-state index contributed by atoms with van der Waals surface area (Å²) in [4.78, 5) is 17.9. The molecule has 0 aliphatic heterocycles. The predicted molar refractivity (Wildman–Crippen MR) is 142 cm³/mol. The Morgan fingerprint density at radius 1 is 1.11 bits per heavy atom. The Labute approximate surface area is 212 Å². The van der Waals surface area contributed by atoms with E-state index in [1.165, 1.54) is 24.8 Å². The average molecular weight is 494 g/mol. The lowest BCUT2D eigenvalue weighted by Gasteiger charge is -2.14. The summed E-state index contributed by atoms with van der Waals surface area (Å²) in [5, 5.41) is 6.22. The smallest absolute Gasteiger partial charge is 0.253 e. The van der Waals surface area contributed by atoms with Crippen molar-refractivity contribution in [2.75, 3.05) is 20.8 Å². The van der Waals surface area contributed by atoms with Crippen LogP contribution in [0.4, 0.5) is 0 Å². The third-order valence-corrected chi connectivity index (χ3v) is 7.45. The Morgan fingerprint density at radius 2 is 1.94 bits per heavy atom. The van der Waals surface area contributed by atoms with Gasteiger partial charge in [0.1, 0.15) is 0 Å². The van der Waals surface area contributed by atoms with Crippen LogP contribution in [-0.4, -0.2) is 36.2 Å². The Bertz CT molecular complexity index is 1210. The largest absolute Gasteiger partial charge is 0.493 e. The van der Waals surface area contributed by atoms with Crippen LogP contribution in [0.25, 0.3) is 11.4 Å². The highest BCUT2D eigenvalue weighted by Gasteiger charge is 2.20. The summed E-state index contributed by atoms with van der Waals surface area (Å²) in [6, 6.07) is 7.99. The fraction of sp³-hybridized carbons (Fsp3) is 0.429. The molecule has 0 saturated heterocycles. The Balaban J connectivity index is 1.53. The molecule has 186 valence electrons. The van der Waals surface area contributed by atoms with E-state index in [0.717, 1.165) is 70.5 Å². The number of allylic oxidation sites excluding steroid dienone is 1. The maximum absolute atomic E-state index is 13.1. The first kappa shape index (κ1) is 25.0. The number of ether oxygens (including phenoxy) is 2. The molecule has 2 heterocycles. The number of carbonyl (C=O) groups is 1. The zero-order valence-electron chi connectivity index (χ0n) is 21.1. The monoisotopic (exact) mass is 493 g/mol. The topological polar surface area (TPSA) is 65.4 Å². The molecule has 1 aromatic carbocycles. The molecule has 1 aliphatic rings. The fourth-order valence-corrected chi connectivity index (χ4v) is 5.30. The van der Waals surface area contributed by atoms with E-state index >= 15 is 0 Å². The van der Waals surface area contributed by atoms with Crippen LogP contribution in [0.3, 0.4) is 0 Å². The maximum Gasteiger partial charge on any atom is 0.253 e. The molecule has 0 radical (unpaired) electrons. The van der Waals surface area contributed by atoms with Crippen molar-refractivity contribution in [2.24, 2.45) is 0 Å². The predicted octanol–water partition coefficient (Wildman–Crippen LogP) is 6.11. The number of aromatic nitrogens is 2. The molecule has 0 atom stereocenters. The van der Waals surface area contributed by atoms with Crippen molar-refractivity contribution in [3.8, 4) is 22.9 Å². The molecule has 3 aromatic rings. The molecule has 35 heavy (non-hydrogen) atoms. The van der Waals surface area contributed by atoms with Gasteiger partial charge >= 0.3 is 0 Å². The number of amides is 1. The minimum Gasteiger partial charge on any atom is -0.493 e. The number of hydrogen-bond acceptors (Lipinski definition) is 5. The van der Waals surface area contributed by atoms with Gasteiger partial charge < -0.3 is 19.4 Å². The van der Waals surface area contributed by atoms with Crippen LogP contribution in [-0.2, 0) is 13.0 Å². The number of nitrogens with one attached hydrogen (secondary N) is 1. The summed E-state index contributed by atoms with van der Waals surface area (Å²) >= 11 is 1.62. The number of aryl methyl sites for hydroxylation is 2. The Morgan fingerprint density at radius 3 is 2.63 bits per heavy atom. The zero-order chi connectivity index (χ0) is 24.8. The van der Waals surface area contributed by atoms with Gasteiger partial charge in [-0.2, -0.15) is 0 Å². The number of methoxy groups -OCH3 is 2. The van der Waals surface area contributed by atoms with Gasteiger partial charge in [0.2, 0.25) is 0 Å². The third-order valence-electron chi connectivity index (χ3n) is 6.68. The molecule has 1 amide bonds. The third kappa shape index (κ3) is 5.96. The first-order valence-electron chi connectivity index (χ1n) is 12.3. The Kier molecular flexibility index (Phi) is 8.29. The lowest BCUT2D eigenvalue weighted by atomic mass is 9.97. The van der Waals surface area contributed by atoms with Crippen LogP contribution in [0.5, 0.6) is 11.5 Å². The molecule has 4 rings (SSSR count). The van der Waals surface area contributed by atoms with Gasteiger partial charge in [0.25, 0.3) is 5.91 Å². The van der Waals surface area contributed by atoms with Gasteiger partial charge in [-0.25, -0.2) is 4.98 Å². The molecule has 6 nitrogen and oxygen atoms in total. The van der Waals surface area contributed by atoms with Crippen molar-refractivity contribution < 1.29 is 14.3 Å². The molecule has 0 spiro atoms. The molecule has 7 heteroatoms. The average Bonchev–Trinajstić information content (AvgIpc) is 3.45. The van der Waals surface area contributed by atoms with Crippen molar-refractivity contribution in [1.29, 1.82) is 0 Å². The van der Waals surface area contributed by atoms with E-state index in [2.05, 4.69) is 27.4 Å². The van der Waals surface area contributed by atoms with Crippen LogP contribution in [0.2, 0.25) is 0 Å². The second-order valence-corrected chi connectivity index (χ2v) is 10.0. The number of nitrogens with zero attached hydrogens (tertiary/aromatic N) is 2. The standard InChI is InChI=1S/C28H35N3O3S/c1-19-23(28(32)29-14-12-21-8-6-5-7-9-21)17-25(24-18-35-20(2)30-24)31(19)15-13-22-10-11-26(33-3)27(16-22)34-4/h8,10-11,16-18H,5-7,9,12-15H2,1-4H3,(H,29,32). The Hall–Kier alpha value is -3.06. The van der Waals surface area contributed by atoms with Gasteiger partial charge in [0.05, 0.1) is 36.2 Å². The van der Waals surface area contributed by atoms with Crippen molar-refractivity contribution in [3.05, 3.63) is 63.1 Å². The van der Waals surface area contributed by atoms with Gasteiger partial charge in [-0.15, -0.1) is 11.3 Å². The summed E-state index contributed by atoms with van der Waals surface area (Å²) in [5.74, 6) is 1.42. The van der Waals surface area contributed by atoms with Gasteiger partial charge in [-0.1, -0.05) is 17.7 Å². The van der Waals surface area contributed by atoms with Crippen LogP contribution in [0, 0.1) is 13.8 Å². The minimum atomic E-state index is -0.0167. The van der Waals surface area contributed by atoms with Crippen molar-refractivity contribution in [2.45, 2.75) is 58.9 Å². The van der Waals surface area contributed by atoms with Crippen molar-refractivity contribution in [1.82, 2.24) is 14.9 Å². The number of benzene rings is 1. The summed E-state index contributed by atoms with van der Waals surface area (Å²) in [6.45, 7) is 5.43. The summed E-state index contributed by atoms with van der Waals surface area (Å²) in [5.41, 5.74) is 6.18. The van der Waals surface area contributed by atoms with Gasteiger partial charge in [-0.3, -0.25) is 4.79 Å². The van der Waals surface area contributed by atoms with E-state index in [0.29, 0.717) is 6.54 Å². The fourth-order valence-electron chi connectivity index (χ4n) is 4.70. The second-order valence-electron chi connectivity index (χ2n) is 8.99. The molecular formula is C28H35N3O3S. The minimum absolute atomic E-state index is 0.0167. The highest BCUT2D eigenvalue weighted by molar-refractivity contribution is 7.09. The number of rotatable bonds is 10. The molecule has 1 aliphatic carbocycles. The number of hydrogen-bond donors (Lipinski definition) is 1. The van der Waals surface area contributed by atoms with Crippen LogP contribution < -0.4 is 14.8 Å². The molecule has 0 bridgehead atoms. The molecule has 2 aromatic heterocycles. The highest BCUT2D eigenvalue weighted by atomic mass is 32.1. The van der Waals surface area contributed by atoms with Crippen LogP contribution in [0.15, 0.2) is 41.3 Å². The molecule has 1 N–H and O–H groups in total. The van der Waals surface area contributed by atoms with Gasteiger partial charge in [-0.05, 0) is 76.1 Å². The molecular weight excluding hydrogens is 458 g/mol. The summed E-state index contributed by atoms with van der Waals surface area (Å²) in [7, 11) is 3.29. The van der Waals surface area contributed by atoms with E-state index < -0.39 is 0 Å². The van der Waals surface area contributed by atoms with Crippen molar-refractivity contribution in [3.63, 3.8) is 0 Å². The van der Waals surface area contributed by atoms with E-state index in [-0.39, 0.29) is 5.91 Å². The number of thiazole rings is 1. The maximum atomic E-state index is 13.1. The normalized spacial score (nSPS) is 13.4. The lowest BCUT2D eigenvalue weighted by Crippen LogP contribution is -2.25. The molecule has 0 saturated carbocycles. The summed E-state index contributed by atoms with van der Waals surface area (Å²) in [6.07, 6.45) is 8.94. The highest BCUT2D eigenvalue weighted by Crippen LogP contribution is 2.30. The summed E-state index contributed by atoms with van der Waals surface area (Å²) < 4.78 is 13.0. The van der Waals surface area contributed by atoms with Gasteiger partial charge in [0, 0.05) is 24.2 Å². The van der Waals surface area contributed by atoms with E-state index in [1.807, 2.05) is 32.0 Å². The number of carbonyl (C=O) groups excluding carboxylic acids is 1. The van der Waals surface area contributed by atoms with Gasteiger partial charge in [0.15, 0.2) is 11.5 Å². The quantitative estimate of drug-likeness (QED) is 0.346. The van der Waals surface area contributed by atoms with E-state index in [1.54, 1.807) is 25.6 Å². The van der Waals surface area contributed by atoms with Crippen molar-refractivity contribution >= 4 is 17.2 Å². The molecule has 0 unspecified atom stereocenters. The van der Waals surface area contributed by atoms with Crippen LogP contribution >= 0.6 is 11.3 Å². The first-order valence-corrected chi connectivity index (χ1v) is 13.2. The molecule has 0 fully saturated rings. The van der Waals surface area contributed by atoms with Crippen LogP contribution in [0.1, 0.15) is 58.7 Å². The van der Waals surface area contributed by atoms with E-state index in [9.17, 15) is 4.79 Å². The lowest BCUT2D eigenvalue weighted by molar-refractivity contribution is 0.0953. The van der Waals surface area contributed by atoms with E-state index in [4.69, 9.17) is 14.5 Å². The zero-order valence-corrected chi connectivity index (χ0v) is 22.0. The SMILES string of the molecule is COc1ccc(CCn2c(-c3csc(C)n3)cc(C(=O)NCCC3=CCCCC3)c2C)cc1OC.